The van der Waals surface area contributed by atoms with Crippen LogP contribution in [0.5, 0.6) is 0 Å². The zero-order valence-electron chi connectivity index (χ0n) is 7.51. The van der Waals surface area contributed by atoms with Crippen molar-refractivity contribution in [3.8, 4) is 0 Å². The quantitative estimate of drug-likeness (QED) is 0.575. The molecule has 0 aromatic heterocycles. The molecule has 0 spiro atoms. The fraction of sp³-hybridized carbons (Fsp3) is 0.800. The summed E-state index contributed by atoms with van der Waals surface area (Å²) in [4.78, 5) is 0. The van der Waals surface area contributed by atoms with Crippen molar-refractivity contribution in [2.75, 3.05) is 0 Å². The van der Waals surface area contributed by atoms with Gasteiger partial charge in [-0.15, -0.1) is 0 Å². The number of aliphatic hydroxyl groups excluding tert-OH is 1. The highest BCUT2D eigenvalue weighted by atomic mass is 16.3. The molecule has 64 valence electrons. The summed E-state index contributed by atoms with van der Waals surface area (Å²) >= 11 is 0. The van der Waals surface area contributed by atoms with E-state index in [9.17, 15) is 5.11 Å². The lowest BCUT2D eigenvalue weighted by Crippen LogP contribution is -2.20. The molecule has 2 unspecified atom stereocenters. The summed E-state index contributed by atoms with van der Waals surface area (Å²) in [6.07, 6.45) is 6.58. The van der Waals surface area contributed by atoms with Crippen molar-refractivity contribution in [2.45, 2.75) is 45.6 Å². The Bertz CT molecular complexity index is 149. The number of allylic oxidation sites excluding steroid dienone is 2. The lowest BCUT2D eigenvalue weighted by molar-refractivity contribution is 0.110. The maximum absolute atomic E-state index is 9.40. The van der Waals surface area contributed by atoms with E-state index in [1.807, 2.05) is 0 Å². The van der Waals surface area contributed by atoms with Crippen molar-refractivity contribution in [2.24, 2.45) is 5.92 Å². The second-order valence-corrected chi connectivity index (χ2v) is 3.55. The molecule has 1 nitrogen and oxygen atoms in total. The van der Waals surface area contributed by atoms with Gasteiger partial charge in [0.05, 0.1) is 6.10 Å². The van der Waals surface area contributed by atoms with Gasteiger partial charge in [0.1, 0.15) is 0 Å². The second kappa shape index (κ2) is 3.91. The summed E-state index contributed by atoms with van der Waals surface area (Å²) in [6.45, 7) is 4.25. The first-order chi connectivity index (χ1) is 5.24. The minimum absolute atomic E-state index is 0.0383. The van der Waals surface area contributed by atoms with Gasteiger partial charge in [0, 0.05) is 0 Å². The van der Waals surface area contributed by atoms with Crippen LogP contribution in [0, 0.1) is 5.92 Å². The predicted octanol–water partition coefficient (Wildman–Crippen LogP) is 2.50. The summed E-state index contributed by atoms with van der Waals surface area (Å²) in [5, 5.41) is 9.40. The summed E-state index contributed by atoms with van der Waals surface area (Å²) in [7, 11) is 0. The van der Waals surface area contributed by atoms with Gasteiger partial charge in [-0.2, -0.15) is 0 Å². The summed E-state index contributed by atoms with van der Waals surface area (Å²) < 4.78 is 0. The van der Waals surface area contributed by atoms with E-state index in [2.05, 4.69) is 19.9 Å². The standard InChI is InChI=1S/C10H18O/c1-3-8(2)9-5-4-6-10(11)7-9/h3,9-11H,4-7H2,1-2H3/b8-3+. The Labute approximate surface area is 69.1 Å². The van der Waals surface area contributed by atoms with E-state index < -0.39 is 0 Å². The first kappa shape index (κ1) is 8.79. The van der Waals surface area contributed by atoms with Crippen LogP contribution in [0.25, 0.3) is 0 Å². The molecule has 1 rings (SSSR count). The molecule has 1 saturated carbocycles. The van der Waals surface area contributed by atoms with Crippen molar-refractivity contribution in [3.63, 3.8) is 0 Å². The van der Waals surface area contributed by atoms with Crippen LogP contribution in [0.1, 0.15) is 39.5 Å². The number of aliphatic hydroxyl groups is 1. The van der Waals surface area contributed by atoms with Gasteiger partial charge in [-0.25, -0.2) is 0 Å². The fourth-order valence-electron chi connectivity index (χ4n) is 1.81. The van der Waals surface area contributed by atoms with Gasteiger partial charge in [-0.05, 0) is 39.0 Å². The molecule has 0 aliphatic heterocycles. The molecule has 1 N–H and O–H groups in total. The maximum Gasteiger partial charge on any atom is 0.0546 e. The van der Waals surface area contributed by atoms with E-state index in [0.717, 1.165) is 12.8 Å². The first-order valence-electron chi connectivity index (χ1n) is 4.55. The van der Waals surface area contributed by atoms with Crippen molar-refractivity contribution in [1.29, 1.82) is 0 Å². The van der Waals surface area contributed by atoms with Crippen LogP contribution in [0.2, 0.25) is 0 Å². The van der Waals surface area contributed by atoms with Crippen LogP contribution >= 0.6 is 0 Å². The molecule has 0 aromatic carbocycles. The van der Waals surface area contributed by atoms with Crippen molar-refractivity contribution in [1.82, 2.24) is 0 Å². The molecular weight excluding hydrogens is 136 g/mol. The molecule has 1 fully saturated rings. The molecule has 0 heterocycles. The second-order valence-electron chi connectivity index (χ2n) is 3.55. The van der Waals surface area contributed by atoms with Crippen LogP contribution in [0.3, 0.4) is 0 Å². The lowest BCUT2D eigenvalue weighted by atomic mass is 9.83. The molecule has 0 saturated heterocycles. The highest BCUT2D eigenvalue weighted by Gasteiger charge is 2.20. The van der Waals surface area contributed by atoms with Crippen LogP contribution < -0.4 is 0 Å². The summed E-state index contributed by atoms with van der Waals surface area (Å²) in [5.74, 6) is 0.656. The molecular formula is C10H18O. The Morgan fingerprint density at radius 3 is 2.73 bits per heavy atom. The van der Waals surface area contributed by atoms with Crippen molar-refractivity contribution < 1.29 is 5.11 Å². The molecule has 0 amide bonds. The number of rotatable bonds is 1. The third kappa shape index (κ3) is 2.33. The molecule has 1 aliphatic rings. The lowest BCUT2D eigenvalue weighted by Gasteiger charge is -2.26. The van der Waals surface area contributed by atoms with Crippen molar-refractivity contribution in [3.05, 3.63) is 11.6 Å². The van der Waals surface area contributed by atoms with Gasteiger partial charge in [0.25, 0.3) is 0 Å². The van der Waals surface area contributed by atoms with Gasteiger partial charge < -0.3 is 5.11 Å². The van der Waals surface area contributed by atoms with Gasteiger partial charge in [0.2, 0.25) is 0 Å². The minimum Gasteiger partial charge on any atom is -0.393 e. The molecule has 2 atom stereocenters. The average Bonchev–Trinajstić information content (AvgIpc) is 2.03. The molecule has 0 aromatic rings. The smallest absolute Gasteiger partial charge is 0.0546 e. The van der Waals surface area contributed by atoms with Gasteiger partial charge in [-0.1, -0.05) is 18.1 Å². The molecule has 11 heavy (non-hydrogen) atoms. The summed E-state index contributed by atoms with van der Waals surface area (Å²) in [6, 6.07) is 0. The maximum atomic E-state index is 9.40. The van der Waals surface area contributed by atoms with E-state index in [0.29, 0.717) is 5.92 Å². The van der Waals surface area contributed by atoms with Gasteiger partial charge in [0.15, 0.2) is 0 Å². The molecule has 1 aliphatic carbocycles. The van der Waals surface area contributed by atoms with Gasteiger partial charge in [-0.3, -0.25) is 0 Å². The Balaban J connectivity index is 2.46. The number of hydrogen-bond donors (Lipinski definition) is 1. The topological polar surface area (TPSA) is 20.2 Å². The normalized spacial score (nSPS) is 33.9. The van der Waals surface area contributed by atoms with E-state index in [4.69, 9.17) is 0 Å². The number of hydrogen-bond acceptors (Lipinski definition) is 1. The average molecular weight is 154 g/mol. The Morgan fingerprint density at radius 2 is 2.18 bits per heavy atom. The fourth-order valence-corrected chi connectivity index (χ4v) is 1.81. The van der Waals surface area contributed by atoms with Crippen molar-refractivity contribution >= 4 is 0 Å². The highest BCUT2D eigenvalue weighted by molar-refractivity contribution is 5.03. The van der Waals surface area contributed by atoms with Crippen LogP contribution in [-0.2, 0) is 0 Å². The third-order valence-electron chi connectivity index (χ3n) is 2.75. The summed E-state index contributed by atoms with van der Waals surface area (Å²) in [5.41, 5.74) is 1.45. The van der Waals surface area contributed by atoms with Crippen LogP contribution in [0.4, 0.5) is 0 Å². The zero-order chi connectivity index (χ0) is 8.27. The largest absolute Gasteiger partial charge is 0.393 e. The third-order valence-corrected chi connectivity index (χ3v) is 2.75. The SMILES string of the molecule is C/C=C(\C)C1CCCC(O)C1. The highest BCUT2D eigenvalue weighted by Crippen LogP contribution is 2.29. The minimum atomic E-state index is -0.0383. The van der Waals surface area contributed by atoms with E-state index in [1.165, 1.54) is 18.4 Å². The first-order valence-corrected chi connectivity index (χ1v) is 4.55. The van der Waals surface area contributed by atoms with E-state index in [-0.39, 0.29) is 6.10 Å². The van der Waals surface area contributed by atoms with Crippen LogP contribution in [-0.4, -0.2) is 11.2 Å². The van der Waals surface area contributed by atoms with E-state index >= 15 is 0 Å². The predicted molar refractivity (Wildman–Crippen MR) is 47.4 cm³/mol. The van der Waals surface area contributed by atoms with Gasteiger partial charge >= 0.3 is 0 Å². The Morgan fingerprint density at radius 1 is 1.45 bits per heavy atom. The molecule has 0 bridgehead atoms. The molecule has 1 heteroatoms. The van der Waals surface area contributed by atoms with Crippen LogP contribution in [0.15, 0.2) is 11.6 Å². The Kier molecular flexibility index (Phi) is 3.13. The Hall–Kier alpha value is -0.300. The zero-order valence-corrected chi connectivity index (χ0v) is 7.51. The van der Waals surface area contributed by atoms with E-state index in [1.54, 1.807) is 0 Å². The molecule has 0 radical (unpaired) electrons. The monoisotopic (exact) mass is 154 g/mol.